The van der Waals surface area contributed by atoms with E-state index in [9.17, 15) is 9.59 Å². The molecule has 0 atom stereocenters. The molecule has 20 heavy (non-hydrogen) atoms. The summed E-state index contributed by atoms with van der Waals surface area (Å²) in [5.74, 6) is 0. The zero-order valence-corrected chi connectivity index (χ0v) is 11.5. The molecule has 0 heterocycles. The van der Waals surface area contributed by atoms with Crippen molar-refractivity contribution < 1.29 is 9.59 Å². The third-order valence-corrected chi connectivity index (χ3v) is 4.02. The fraction of sp³-hybridized carbons (Fsp3) is 0.500. The molecule has 0 aromatic heterocycles. The van der Waals surface area contributed by atoms with Crippen molar-refractivity contribution in [1.82, 2.24) is 0 Å². The van der Waals surface area contributed by atoms with Crippen LogP contribution in [0, 0.1) is 0 Å². The molecule has 4 nitrogen and oxygen atoms in total. The Bertz CT molecular complexity index is 549. The molecule has 104 valence electrons. The predicted molar refractivity (Wildman–Crippen MR) is 75.9 cm³/mol. The van der Waals surface area contributed by atoms with Crippen LogP contribution < -0.4 is 0 Å². The monoisotopic (exact) mass is 270 g/mol. The van der Waals surface area contributed by atoms with E-state index >= 15 is 0 Å². The lowest BCUT2D eigenvalue weighted by Gasteiger charge is -2.32. The largest absolute Gasteiger partial charge is 0.235 e. The highest BCUT2D eigenvalue weighted by Crippen LogP contribution is 2.35. The smallest absolute Gasteiger partial charge is 0.211 e. The fourth-order valence-electron chi connectivity index (χ4n) is 2.99. The minimum atomic E-state index is -0.318. The first-order chi connectivity index (χ1) is 9.79. The average molecular weight is 270 g/mol. The lowest BCUT2D eigenvalue weighted by atomic mass is 9.77. The quantitative estimate of drug-likeness (QED) is 0.609. The van der Waals surface area contributed by atoms with Gasteiger partial charge in [0.1, 0.15) is 0 Å². The van der Waals surface area contributed by atoms with E-state index in [0.717, 1.165) is 36.8 Å². The number of benzene rings is 1. The summed E-state index contributed by atoms with van der Waals surface area (Å²) in [6.45, 7) is 0.334. The Morgan fingerprint density at radius 1 is 1.00 bits per heavy atom. The number of nitrogens with zero attached hydrogens (tertiary/aromatic N) is 2. The second-order valence-corrected chi connectivity index (χ2v) is 5.34. The molecule has 1 saturated carbocycles. The number of hydrogen-bond acceptors (Lipinski definition) is 4. The van der Waals surface area contributed by atoms with Gasteiger partial charge in [-0.2, -0.15) is 4.99 Å². The summed E-state index contributed by atoms with van der Waals surface area (Å²) in [6, 6.07) is 7.87. The summed E-state index contributed by atoms with van der Waals surface area (Å²) in [6.07, 6.45) is 9.28. The number of aliphatic imine (C=N–C) groups is 2. The standard InChI is InChI=1S/C16H18N2O2/c19-12-17-11-15-7-3-2-6-14(15)10-16(18-13-20)8-4-1-5-9-16/h2-3,6-7H,1,4-5,8-11H2. The summed E-state index contributed by atoms with van der Waals surface area (Å²) in [5, 5.41) is 0. The summed E-state index contributed by atoms with van der Waals surface area (Å²) in [5.41, 5.74) is 1.79. The third kappa shape index (κ3) is 3.51. The maximum atomic E-state index is 10.8. The molecule has 4 heteroatoms. The van der Waals surface area contributed by atoms with E-state index in [1.807, 2.05) is 24.3 Å². The SMILES string of the molecule is O=C=NCc1ccccc1CC1(N=C=O)CCCCC1. The molecule has 1 aromatic rings. The molecule has 0 aliphatic heterocycles. The number of carbonyl (C=O) groups excluding carboxylic acids is 2. The van der Waals surface area contributed by atoms with Crippen LogP contribution in [-0.4, -0.2) is 17.7 Å². The van der Waals surface area contributed by atoms with Gasteiger partial charge in [-0.1, -0.05) is 43.5 Å². The van der Waals surface area contributed by atoms with Gasteiger partial charge in [0.05, 0.1) is 12.1 Å². The highest BCUT2D eigenvalue weighted by atomic mass is 16.1. The maximum absolute atomic E-state index is 10.8. The van der Waals surface area contributed by atoms with Gasteiger partial charge >= 0.3 is 0 Å². The van der Waals surface area contributed by atoms with Gasteiger partial charge in [0.15, 0.2) is 0 Å². The lowest BCUT2D eigenvalue weighted by Crippen LogP contribution is -2.32. The van der Waals surface area contributed by atoms with Crippen molar-refractivity contribution in [2.45, 2.75) is 50.6 Å². The van der Waals surface area contributed by atoms with Gasteiger partial charge in [0.2, 0.25) is 12.2 Å². The summed E-state index contributed by atoms with van der Waals surface area (Å²) in [4.78, 5) is 28.8. The molecule has 0 radical (unpaired) electrons. The van der Waals surface area contributed by atoms with Crippen molar-refractivity contribution >= 4 is 12.2 Å². The van der Waals surface area contributed by atoms with Crippen LogP contribution in [0.25, 0.3) is 0 Å². The molecule has 0 unspecified atom stereocenters. The van der Waals surface area contributed by atoms with Crippen molar-refractivity contribution in [3.63, 3.8) is 0 Å². The van der Waals surface area contributed by atoms with E-state index in [1.54, 1.807) is 12.2 Å². The Balaban J connectivity index is 2.26. The molecule has 0 saturated heterocycles. The molecule has 0 amide bonds. The van der Waals surface area contributed by atoms with Gasteiger partial charge in [-0.15, -0.1) is 0 Å². The zero-order valence-electron chi connectivity index (χ0n) is 11.5. The first-order valence-corrected chi connectivity index (χ1v) is 6.99. The second-order valence-electron chi connectivity index (χ2n) is 5.34. The van der Waals surface area contributed by atoms with Crippen LogP contribution in [0.4, 0.5) is 0 Å². The zero-order chi connectivity index (χ0) is 14.3. The van der Waals surface area contributed by atoms with Gasteiger partial charge < -0.3 is 0 Å². The van der Waals surface area contributed by atoms with Crippen LogP contribution >= 0.6 is 0 Å². The van der Waals surface area contributed by atoms with Gasteiger partial charge in [-0.3, -0.25) is 0 Å². The van der Waals surface area contributed by atoms with E-state index in [2.05, 4.69) is 9.98 Å². The molecule has 1 aromatic carbocycles. The Hall–Kier alpha value is -2.02. The summed E-state index contributed by atoms with van der Waals surface area (Å²) >= 11 is 0. The topological polar surface area (TPSA) is 58.9 Å². The lowest BCUT2D eigenvalue weighted by molar-refractivity contribution is 0.295. The first kappa shape index (κ1) is 14.4. The van der Waals surface area contributed by atoms with E-state index in [0.29, 0.717) is 13.0 Å². The number of hydrogen-bond donors (Lipinski definition) is 0. The summed E-state index contributed by atoms with van der Waals surface area (Å²) in [7, 11) is 0. The number of rotatable bonds is 5. The molecule has 1 aliphatic rings. The molecule has 1 fully saturated rings. The third-order valence-electron chi connectivity index (χ3n) is 4.02. The van der Waals surface area contributed by atoms with Crippen molar-refractivity contribution in [3.8, 4) is 0 Å². The molecule has 0 bridgehead atoms. The van der Waals surface area contributed by atoms with E-state index in [1.165, 1.54) is 6.42 Å². The van der Waals surface area contributed by atoms with Crippen LogP contribution in [0.5, 0.6) is 0 Å². The van der Waals surface area contributed by atoms with Crippen molar-refractivity contribution in [3.05, 3.63) is 35.4 Å². The maximum Gasteiger partial charge on any atom is 0.235 e. The first-order valence-electron chi connectivity index (χ1n) is 6.99. The van der Waals surface area contributed by atoms with Crippen LogP contribution in [0.2, 0.25) is 0 Å². The van der Waals surface area contributed by atoms with Crippen LogP contribution in [0.3, 0.4) is 0 Å². The Labute approximate surface area is 118 Å². The molecule has 1 aliphatic carbocycles. The molecular formula is C16H18N2O2. The molecule has 2 rings (SSSR count). The normalized spacial score (nSPS) is 16.8. The molecule has 0 spiro atoms. The second kappa shape index (κ2) is 6.95. The van der Waals surface area contributed by atoms with Crippen molar-refractivity contribution in [2.24, 2.45) is 9.98 Å². The predicted octanol–water partition coefficient (Wildman–Crippen LogP) is 3.10. The van der Waals surface area contributed by atoms with Gasteiger partial charge in [0.25, 0.3) is 0 Å². The van der Waals surface area contributed by atoms with Crippen molar-refractivity contribution in [2.75, 3.05) is 0 Å². The van der Waals surface area contributed by atoms with Crippen molar-refractivity contribution in [1.29, 1.82) is 0 Å². The summed E-state index contributed by atoms with van der Waals surface area (Å²) < 4.78 is 0. The minimum absolute atomic E-state index is 0.318. The van der Waals surface area contributed by atoms with Gasteiger partial charge in [-0.05, 0) is 30.4 Å². The highest BCUT2D eigenvalue weighted by molar-refractivity contribution is 5.38. The van der Waals surface area contributed by atoms with E-state index in [4.69, 9.17) is 0 Å². The average Bonchev–Trinajstić information content (AvgIpc) is 2.47. The van der Waals surface area contributed by atoms with E-state index in [-0.39, 0.29) is 5.54 Å². The highest BCUT2D eigenvalue weighted by Gasteiger charge is 2.32. The fourth-order valence-corrected chi connectivity index (χ4v) is 2.99. The Kier molecular flexibility index (Phi) is 5.00. The van der Waals surface area contributed by atoms with Gasteiger partial charge in [0, 0.05) is 0 Å². The van der Waals surface area contributed by atoms with Gasteiger partial charge in [-0.25, -0.2) is 14.6 Å². The van der Waals surface area contributed by atoms with E-state index < -0.39 is 0 Å². The minimum Gasteiger partial charge on any atom is -0.211 e. The van der Waals surface area contributed by atoms with Crippen LogP contribution in [-0.2, 0) is 22.6 Å². The number of isocyanates is 2. The van der Waals surface area contributed by atoms with Crippen LogP contribution in [0.1, 0.15) is 43.2 Å². The Morgan fingerprint density at radius 2 is 1.70 bits per heavy atom. The van der Waals surface area contributed by atoms with Crippen LogP contribution in [0.15, 0.2) is 34.3 Å². The Morgan fingerprint density at radius 3 is 2.35 bits per heavy atom. The molecular weight excluding hydrogens is 252 g/mol. The molecule has 0 N–H and O–H groups in total.